The Morgan fingerprint density at radius 3 is 2.79 bits per heavy atom. The van der Waals surface area contributed by atoms with Crippen molar-refractivity contribution in [1.29, 1.82) is 5.26 Å². The molecule has 0 aliphatic heterocycles. The third kappa shape index (κ3) is 1.56. The number of carbonyl (C=O) groups is 1. The molecule has 6 nitrogen and oxygen atoms in total. The molecule has 1 aromatic rings. The smallest absolute Gasteiger partial charge is 0.341 e. The fourth-order valence-corrected chi connectivity index (χ4v) is 0.916. The lowest BCUT2D eigenvalue weighted by Crippen LogP contribution is -2.18. The largest absolute Gasteiger partial charge is 0.481 e. The zero-order valence-electron chi connectivity index (χ0n) is 7.20. The van der Waals surface area contributed by atoms with Crippen molar-refractivity contribution in [3.63, 3.8) is 0 Å². The summed E-state index contributed by atoms with van der Waals surface area (Å²) in [7, 11) is 1.27. The van der Waals surface area contributed by atoms with Crippen LogP contribution in [0.4, 0.5) is 0 Å². The highest BCUT2D eigenvalue weighted by Gasteiger charge is 2.13. The Bertz CT molecular complexity index is 469. The number of carboxylic acids is 1. The first-order chi connectivity index (χ1) is 6.60. The van der Waals surface area contributed by atoms with Gasteiger partial charge in [-0.3, -0.25) is 9.78 Å². The van der Waals surface area contributed by atoms with Gasteiger partial charge in [-0.15, -0.1) is 0 Å². The number of hydrogen-bond acceptors (Lipinski definition) is 4. The Hall–Kier alpha value is -2.29. The summed E-state index contributed by atoms with van der Waals surface area (Å²) in [4.78, 5) is 23.7. The molecule has 0 saturated heterocycles. The van der Waals surface area contributed by atoms with Gasteiger partial charge >= 0.3 is 5.97 Å². The van der Waals surface area contributed by atoms with Crippen LogP contribution in [0.3, 0.4) is 0 Å². The van der Waals surface area contributed by atoms with E-state index in [0.717, 1.165) is 6.07 Å². The van der Waals surface area contributed by atoms with E-state index in [1.165, 1.54) is 7.11 Å². The summed E-state index contributed by atoms with van der Waals surface area (Å²) in [5.41, 5.74) is -1.31. The van der Waals surface area contributed by atoms with Crippen molar-refractivity contribution < 1.29 is 14.6 Å². The van der Waals surface area contributed by atoms with Crippen molar-refractivity contribution in [2.75, 3.05) is 7.11 Å². The van der Waals surface area contributed by atoms with Gasteiger partial charge < -0.3 is 9.84 Å². The molecule has 0 amide bonds. The Kier molecular flexibility index (Phi) is 2.53. The van der Waals surface area contributed by atoms with E-state index in [9.17, 15) is 9.59 Å². The van der Waals surface area contributed by atoms with E-state index >= 15 is 0 Å². The van der Waals surface area contributed by atoms with Crippen molar-refractivity contribution in [3.05, 3.63) is 27.5 Å². The molecule has 72 valence electrons. The summed E-state index contributed by atoms with van der Waals surface area (Å²) in [6.07, 6.45) is 0. The average molecular weight is 194 g/mol. The van der Waals surface area contributed by atoms with Crippen molar-refractivity contribution in [2.24, 2.45) is 0 Å². The maximum Gasteiger partial charge on any atom is 0.341 e. The van der Waals surface area contributed by atoms with Gasteiger partial charge in [-0.05, 0) is 6.07 Å². The summed E-state index contributed by atoms with van der Waals surface area (Å²) in [5.74, 6) is -1.42. The monoisotopic (exact) mass is 194 g/mol. The molecule has 0 unspecified atom stereocenters. The van der Waals surface area contributed by atoms with Gasteiger partial charge in [0.15, 0.2) is 0 Å². The molecule has 1 heterocycles. The van der Waals surface area contributed by atoms with Crippen LogP contribution in [-0.2, 0) is 0 Å². The number of hydrogen-bond donors (Lipinski definition) is 2. The number of nitriles is 1. The van der Waals surface area contributed by atoms with Crippen LogP contribution >= 0.6 is 0 Å². The molecule has 14 heavy (non-hydrogen) atoms. The summed E-state index contributed by atoms with van der Waals surface area (Å²) >= 11 is 0. The van der Waals surface area contributed by atoms with E-state index in [-0.39, 0.29) is 11.4 Å². The topological polar surface area (TPSA) is 103 Å². The van der Waals surface area contributed by atoms with Gasteiger partial charge in [0.05, 0.1) is 7.11 Å². The highest BCUT2D eigenvalue weighted by Crippen LogP contribution is 2.11. The summed E-state index contributed by atoms with van der Waals surface area (Å²) in [6, 6.07) is 2.68. The zero-order valence-corrected chi connectivity index (χ0v) is 7.20. The van der Waals surface area contributed by atoms with Crippen LogP contribution in [-0.4, -0.2) is 23.2 Å². The highest BCUT2D eigenvalue weighted by molar-refractivity contribution is 5.87. The van der Waals surface area contributed by atoms with Gasteiger partial charge in [-0.1, -0.05) is 0 Å². The Morgan fingerprint density at radius 1 is 1.71 bits per heavy atom. The summed E-state index contributed by atoms with van der Waals surface area (Å²) < 4.78 is 4.68. The average Bonchev–Trinajstić information content (AvgIpc) is 2.16. The Morgan fingerprint density at radius 2 is 2.36 bits per heavy atom. The number of ether oxygens (including phenoxy) is 1. The van der Waals surface area contributed by atoms with Crippen LogP contribution in [0.5, 0.6) is 5.88 Å². The lowest BCUT2D eigenvalue weighted by molar-refractivity contribution is 0.0695. The first kappa shape index (κ1) is 9.80. The van der Waals surface area contributed by atoms with Crippen molar-refractivity contribution in [2.45, 2.75) is 0 Å². The van der Waals surface area contributed by atoms with E-state index in [2.05, 4.69) is 9.72 Å². The minimum Gasteiger partial charge on any atom is -0.481 e. The molecule has 0 radical (unpaired) electrons. The van der Waals surface area contributed by atoms with Crippen LogP contribution < -0.4 is 10.3 Å². The second-order valence-corrected chi connectivity index (χ2v) is 2.38. The molecule has 0 aliphatic rings. The van der Waals surface area contributed by atoms with Crippen LogP contribution in [0, 0.1) is 11.3 Å². The van der Waals surface area contributed by atoms with Crippen molar-refractivity contribution >= 4 is 5.97 Å². The number of pyridine rings is 1. The minimum absolute atomic E-state index is 0.0236. The van der Waals surface area contributed by atoms with E-state index in [1.54, 1.807) is 6.07 Å². The Balaban J connectivity index is 3.48. The van der Waals surface area contributed by atoms with Crippen LogP contribution in [0.25, 0.3) is 0 Å². The molecule has 0 saturated carbocycles. The molecule has 0 spiro atoms. The molecular weight excluding hydrogens is 188 g/mol. The quantitative estimate of drug-likeness (QED) is 0.687. The van der Waals surface area contributed by atoms with Gasteiger partial charge in [-0.2, -0.15) is 5.26 Å². The predicted molar refractivity (Wildman–Crippen MR) is 45.3 cm³/mol. The molecule has 1 aromatic heterocycles. The molecule has 0 atom stereocenters. The summed E-state index contributed by atoms with van der Waals surface area (Å²) in [6.45, 7) is 0. The van der Waals surface area contributed by atoms with E-state index in [1.807, 2.05) is 0 Å². The van der Waals surface area contributed by atoms with Gasteiger partial charge in [0.1, 0.15) is 17.2 Å². The van der Waals surface area contributed by atoms with Crippen LogP contribution in [0.2, 0.25) is 0 Å². The fourth-order valence-electron chi connectivity index (χ4n) is 0.916. The lowest BCUT2D eigenvalue weighted by Gasteiger charge is -2.01. The van der Waals surface area contributed by atoms with E-state index in [4.69, 9.17) is 10.4 Å². The number of rotatable bonds is 2. The number of methoxy groups -OCH3 is 1. The molecular formula is C8H6N2O4. The molecule has 0 aliphatic carbocycles. The zero-order chi connectivity index (χ0) is 10.7. The SMILES string of the molecule is COc1[nH]c(=O)c(C(=O)O)cc1C#N. The number of aromatic amines is 1. The molecule has 0 bridgehead atoms. The normalized spacial score (nSPS) is 9.14. The number of aromatic carboxylic acids is 1. The number of aromatic nitrogens is 1. The van der Waals surface area contributed by atoms with Gasteiger partial charge in [0.2, 0.25) is 5.88 Å². The number of nitrogens with one attached hydrogen (secondary N) is 1. The number of nitrogens with zero attached hydrogens (tertiary/aromatic N) is 1. The second kappa shape index (κ2) is 3.62. The van der Waals surface area contributed by atoms with E-state index < -0.39 is 17.1 Å². The molecule has 6 heteroatoms. The third-order valence-electron chi connectivity index (χ3n) is 1.56. The molecule has 2 N–H and O–H groups in total. The third-order valence-corrected chi connectivity index (χ3v) is 1.56. The minimum atomic E-state index is -1.38. The maximum atomic E-state index is 11.1. The summed E-state index contributed by atoms with van der Waals surface area (Å²) in [5, 5.41) is 17.2. The maximum absolute atomic E-state index is 11.1. The standard InChI is InChI=1S/C8H6N2O4/c1-14-7-4(3-9)2-5(8(12)13)6(11)10-7/h2H,1H3,(H,10,11)(H,12,13). The van der Waals surface area contributed by atoms with Crippen LogP contribution in [0.15, 0.2) is 10.9 Å². The molecule has 0 fully saturated rings. The fraction of sp³-hybridized carbons (Fsp3) is 0.125. The second-order valence-electron chi connectivity index (χ2n) is 2.38. The van der Waals surface area contributed by atoms with Gasteiger partial charge in [0.25, 0.3) is 5.56 Å². The van der Waals surface area contributed by atoms with Crippen molar-refractivity contribution in [1.82, 2.24) is 4.98 Å². The molecule has 0 aromatic carbocycles. The first-order valence-corrected chi connectivity index (χ1v) is 3.55. The highest BCUT2D eigenvalue weighted by atomic mass is 16.5. The van der Waals surface area contributed by atoms with Gasteiger partial charge in [-0.25, -0.2) is 4.79 Å². The van der Waals surface area contributed by atoms with E-state index in [0.29, 0.717) is 0 Å². The Labute approximate surface area is 78.4 Å². The predicted octanol–water partition coefficient (Wildman–Crippen LogP) is -0.0466. The van der Waals surface area contributed by atoms with Crippen molar-refractivity contribution in [3.8, 4) is 11.9 Å². The molecule has 1 rings (SSSR count). The van der Waals surface area contributed by atoms with Gasteiger partial charge in [0, 0.05) is 0 Å². The number of H-pyrrole nitrogens is 1. The first-order valence-electron chi connectivity index (χ1n) is 3.55. The number of carboxylic acid groups (broad SMARTS) is 1. The van der Waals surface area contributed by atoms with Crippen LogP contribution in [0.1, 0.15) is 15.9 Å². The lowest BCUT2D eigenvalue weighted by atomic mass is 10.2.